The molecular formula is C20H23N3O. The molecule has 1 aliphatic rings. The van der Waals surface area contributed by atoms with Gasteiger partial charge in [-0.3, -0.25) is 4.79 Å². The first kappa shape index (κ1) is 15.4. The first-order chi connectivity index (χ1) is 11.9. The molecule has 0 radical (unpaired) electrons. The maximum Gasteiger partial charge on any atom is 0.150 e. The highest BCUT2D eigenvalue weighted by Crippen LogP contribution is 2.29. The van der Waals surface area contributed by atoms with Crippen LogP contribution < -0.4 is 5.32 Å². The molecule has 0 amide bonds. The SMILES string of the molecule is O=Cc1ccc2c(c1)c1ccccc1n2CCCN1CCNCC1. The molecule has 0 aliphatic carbocycles. The molecule has 1 aromatic heterocycles. The van der Waals surface area contributed by atoms with Crippen LogP contribution in [0.5, 0.6) is 0 Å². The fourth-order valence-electron chi connectivity index (χ4n) is 3.77. The first-order valence-corrected chi connectivity index (χ1v) is 8.76. The molecular weight excluding hydrogens is 298 g/mol. The molecule has 1 saturated heterocycles. The Bertz CT molecular complexity index is 862. The first-order valence-electron chi connectivity index (χ1n) is 8.76. The summed E-state index contributed by atoms with van der Waals surface area (Å²) in [4.78, 5) is 13.7. The van der Waals surface area contributed by atoms with Gasteiger partial charge in [0.25, 0.3) is 0 Å². The van der Waals surface area contributed by atoms with Crippen LogP contribution in [0.1, 0.15) is 16.8 Å². The highest BCUT2D eigenvalue weighted by molar-refractivity contribution is 6.09. The Hall–Kier alpha value is -2.17. The van der Waals surface area contributed by atoms with E-state index in [1.54, 1.807) is 0 Å². The minimum Gasteiger partial charge on any atom is -0.340 e. The second-order valence-electron chi connectivity index (χ2n) is 6.51. The molecule has 124 valence electrons. The zero-order valence-electron chi connectivity index (χ0n) is 13.9. The molecule has 0 atom stereocenters. The molecule has 1 aliphatic heterocycles. The third kappa shape index (κ3) is 2.83. The van der Waals surface area contributed by atoms with Gasteiger partial charge in [-0.05, 0) is 37.2 Å². The molecule has 3 aromatic rings. The van der Waals surface area contributed by atoms with Crippen LogP contribution in [0, 0.1) is 0 Å². The van der Waals surface area contributed by atoms with Gasteiger partial charge in [-0.2, -0.15) is 0 Å². The number of carbonyl (C=O) groups excluding carboxylic acids is 1. The quantitative estimate of drug-likeness (QED) is 0.734. The highest BCUT2D eigenvalue weighted by Gasteiger charge is 2.12. The zero-order valence-corrected chi connectivity index (χ0v) is 13.9. The summed E-state index contributed by atoms with van der Waals surface area (Å²) < 4.78 is 2.40. The van der Waals surface area contributed by atoms with E-state index in [9.17, 15) is 4.79 Å². The minimum absolute atomic E-state index is 0.742. The van der Waals surface area contributed by atoms with Gasteiger partial charge in [0.15, 0.2) is 0 Å². The molecule has 24 heavy (non-hydrogen) atoms. The summed E-state index contributed by atoms with van der Waals surface area (Å²) in [6, 6.07) is 14.5. The van der Waals surface area contributed by atoms with E-state index in [0.717, 1.165) is 57.5 Å². The van der Waals surface area contributed by atoms with Gasteiger partial charge in [-0.1, -0.05) is 18.2 Å². The fraction of sp³-hybridized carbons (Fsp3) is 0.350. The largest absolute Gasteiger partial charge is 0.340 e. The van der Waals surface area contributed by atoms with Gasteiger partial charge in [0.1, 0.15) is 6.29 Å². The van der Waals surface area contributed by atoms with Gasteiger partial charge >= 0.3 is 0 Å². The number of benzene rings is 2. The summed E-state index contributed by atoms with van der Waals surface area (Å²) >= 11 is 0. The Balaban J connectivity index is 1.64. The summed E-state index contributed by atoms with van der Waals surface area (Å²) in [5.41, 5.74) is 3.23. The van der Waals surface area contributed by atoms with Crippen molar-refractivity contribution in [1.82, 2.24) is 14.8 Å². The van der Waals surface area contributed by atoms with Crippen LogP contribution in [0.15, 0.2) is 42.5 Å². The van der Waals surface area contributed by atoms with E-state index in [1.807, 2.05) is 12.1 Å². The molecule has 1 fully saturated rings. The average Bonchev–Trinajstić information content (AvgIpc) is 2.96. The smallest absolute Gasteiger partial charge is 0.150 e. The number of nitrogens with zero attached hydrogens (tertiary/aromatic N) is 2. The molecule has 4 nitrogen and oxygen atoms in total. The summed E-state index contributed by atoms with van der Waals surface area (Å²) in [6.07, 6.45) is 2.07. The van der Waals surface area contributed by atoms with E-state index < -0.39 is 0 Å². The minimum atomic E-state index is 0.742. The molecule has 4 rings (SSSR count). The summed E-state index contributed by atoms with van der Waals surface area (Å²) in [5.74, 6) is 0. The maximum atomic E-state index is 11.1. The van der Waals surface area contributed by atoms with Crippen LogP contribution in [0.3, 0.4) is 0 Å². The second kappa shape index (κ2) is 6.75. The van der Waals surface area contributed by atoms with Crippen molar-refractivity contribution in [2.24, 2.45) is 0 Å². The number of nitrogens with one attached hydrogen (secondary N) is 1. The fourth-order valence-corrected chi connectivity index (χ4v) is 3.77. The van der Waals surface area contributed by atoms with Crippen LogP contribution >= 0.6 is 0 Å². The van der Waals surface area contributed by atoms with Gasteiger partial charge in [0, 0.05) is 60.1 Å². The predicted molar refractivity (Wildman–Crippen MR) is 98.8 cm³/mol. The summed E-state index contributed by atoms with van der Waals surface area (Å²) in [5, 5.41) is 5.82. The van der Waals surface area contributed by atoms with Gasteiger partial charge in [-0.15, -0.1) is 0 Å². The number of hydrogen-bond acceptors (Lipinski definition) is 3. The van der Waals surface area contributed by atoms with Gasteiger partial charge in [0.05, 0.1) is 0 Å². The normalized spacial score (nSPS) is 16.0. The van der Waals surface area contributed by atoms with Crippen molar-refractivity contribution in [1.29, 1.82) is 0 Å². The van der Waals surface area contributed by atoms with Crippen molar-refractivity contribution in [2.45, 2.75) is 13.0 Å². The maximum absolute atomic E-state index is 11.1. The van der Waals surface area contributed by atoms with E-state index in [0.29, 0.717) is 0 Å². The molecule has 0 saturated carbocycles. The molecule has 2 heterocycles. The highest BCUT2D eigenvalue weighted by atomic mass is 16.1. The van der Waals surface area contributed by atoms with Crippen LogP contribution in [-0.2, 0) is 6.54 Å². The third-order valence-electron chi connectivity index (χ3n) is 5.00. The Labute approximate surface area is 142 Å². The average molecular weight is 321 g/mol. The number of para-hydroxylation sites is 1. The number of carbonyl (C=O) groups is 1. The van der Waals surface area contributed by atoms with Crippen LogP contribution in [-0.4, -0.2) is 48.5 Å². The molecule has 2 aromatic carbocycles. The van der Waals surface area contributed by atoms with E-state index in [4.69, 9.17) is 0 Å². The van der Waals surface area contributed by atoms with Gasteiger partial charge in [-0.25, -0.2) is 0 Å². The molecule has 0 unspecified atom stereocenters. The molecule has 1 N–H and O–H groups in total. The Kier molecular flexibility index (Phi) is 4.32. The molecule has 0 spiro atoms. The third-order valence-corrected chi connectivity index (χ3v) is 5.00. The lowest BCUT2D eigenvalue weighted by Crippen LogP contribution is -2.43. The number of aryl methyl sites for hydroxylation is 1. The number of aldehydes is 1. The number of piperazine rings is 1. The van der Waals surface area contributed by atoms with Crippen molar-refractivity contribution < 1.29 is 4.79 Å². The van der Waals surface area contributed by atoms with E-state index in [2.05, 4.69) is 45.1 Å². The second-order valence-corrected chi connectivity index (χ2v) is 6.51. The standard InChI is InChI=1S/C20H23N3O/c24-15-16-6-7-20-18(14-16)17-4-1-2-5-19(17)23(20)11-3-10-22-12-8-21-9-13-22/h1-2,4-7,14-15,21H,3,8-13H2. The van der Waals surface area contributed by atoms with Crippen LogP contribution in [0.25, 0.3) is 21.8 Å². The van der Waals surface area contributed by atoms with E-state index in [-0.39, 0.29) is 0 Å². The van der Waals surface area contributed by atoms with Crippen LogP contribution in [0.2, 0.25) is 0 Å². The monoisotopic (exact) mass is 321 g/mol. The lowest BCUT2D eigenvalue weighted by Gasteiger charge is -2.27. The lowest BCUT2D eigenvalue weighted by atomic mass is 10.1. The Morgan fingerprint density at radius 3 is 2.58 bits per heavy atom. The van der Waals surface area contributed by atoms with Gasteiger partial charge in [0.2, 0.25) is 0 Å². The molecule has 0 bridgehead atoms. The number of aromatic nitrogens is 1. The number of fused-ring (bicyclic) bond motifs is 3. The lowest BCUT2D eigenvalue weighted by molar-refractivity contribution is 0.112. The number of hydrogen-bond donors (Lipinski definition) is 1. The zero-order chi connectivity index (χ0) is 16.4. The van der Waals surface area contributed by atoms with E-state index in [1.165, 1.54) is 21.8 Å². The van der Waals surface area contributed by atoms with Crippen molar-refractivity contribution >= 4 is 28.1 Å². The summed E-state index contributed by atoms with van der Waals surface area (Å²) in [7, 11) is 0. The number of rotatable bonds is 5. The Morgan fingerprint density at radius 2 is 1.75 bits per heavy atom. The Morgan fingerprint density at radius 1 is 0.958 bits per heavy atom. The van der Waals surface area contributed by atoms with Crippen LogP contribution in [0.4, 0.5) is 0 Å². The van der Waals surface area contributed by atoms with Crippen molar-refractivity contribution in [3.05, 3.63) is 48.0 Å². The molecule has 4 heteroatoms. The summed E-state index contributed by atoms with van der Waals surface area (Å²) in [6.45, 7) is 6.65. The van der Waals surface area contributed by atoms with Gasteiger partial charge < -0.3 is 14.8 Å². The van der Waals surface area contributed by atoms with Crippen molar-refractivity contribution in [3.8, 4) is 0 Å². The topological polar surface area (TPSA) is 37.3 Å². The van der Waals surface area contributed by atoms with Crippen molar-refractivity contribution in [2.75, 3.05) is 32.7 Å². The van der Waals surface area contributed by atoms with Crippen molar-refractivity contribution in [3.63, 3.8) is 0 Å². The predicted octanol–water partition coefficient (Wildman–Crippen LogP) is 2.90. The van der Waals surface area contributed by atoms with E-state index >= 15 is 0 Å².